The van der Waals surface area contributed by atoms with E-state index in [4.69, 9.17) is 9.94 Å². The van der Waals surface area contributed by atoms with Crippen LogP contribution < -0.4 is 0 Å². The maximum Gasteiger partial charge on any atom is 0.145 e. The minimum Gasteiger partial charge on any atom is -0.390 e. The van der Waals surface area contributed by atoms with Crippen LogP contribution in [0.4, 0.5) is 0 Å². The molecule has 0 radical (unpaired) electrons. The second-order valence-electron chi connectivity index (χ2n) is 4.07. The Bertz CT molecular complexity index is 220. The molecular weight excluding hydrogens is 168 g/mol. The Labute approximate surface area is 78.2 Å². The molecule has 0 saturated carbocycles. The molecule has 0 bridgehead atoms. The van der Waals surface area contributed by atoms with E-state index in [0.717, 1.165) is 38.1 Å². The summed E-state index contributed by atoms with van der Waals surface area (Å²) in [6, 6.07) is 0. The van der Waals surface area contributed by atoms with Crippen molar-refractivity contribution in [1.29, 1.82) is 0 Å². The van der Waals surface area contributed by atoms with Crippen molar-refractivity contribution < 1.29 is 9.94 Å². The molecule has 2 rings (SSSR count). The summed E-state index contributed by atoms with van der Waals surface area (Å²) in [5.41, 5.74) is 0.717. The zero-order valence-electron chi connectivity index (χ0n) is 7.99. The monoisotopic (exact) mass is 184 g/mol. The summed E-state index contributed by atoms with van der Waals surface area (Å²) < 4.78 is 0. The molecule has 1 fully saturated rings. The fraction of sp³-hybridized carbons (Fsp3) is 0.889. The summed E-state index contributed by atoms with van der Waals surface area (Å²) in [5, 5.41) is 12.8. The van der Waals surface area contributed by atoms with Crippen molar-refractivity contribution in [1.82, 2.24) is 4.90 Å². The van der Waals surface area contributed by atoms with E-state index in [1.165, 1.54) is 0 Å². The van der Waals surface area contributed by atoms with Gasteiger partial charge < -0.3 is 14.8 Å². The van der Waals surface area contributed by atoms with Gasteiger partial charge in [-0.3, -0.25) is 0 Å². The molecule has 0 atom stereocenters. The Morgan fingerprint density at radius 3 is 2.77 bits per heavy atom. The highest BCUT2D eigenvalue weighted by Gasteiger charge is 2.40. The van der Waals surface area contributed by atoms with E-state index in [0.29, 0.717) is 0 Å². The smallest absolute Gasteiger partial charge is 0.145 e. The predicted octanol–water partition coefficient (Wildman–Crippen LogP) is 0.219. The molecule has 2 aliphatic heterocycles. The zero-order chi connectivity index (χ0) is 9.31. The molecule has 4 heteroatoms. The fourth-order valence-corrected chi connectivity index (χ4v) is 1.98. The van der Waals surface area contributed by atoms with E-state index in [-0.39, 0.29) is 12.2 Å². The summed E-state index contributed by atoms with van der Waals surface area (Å²) in [7, 11) is 2.12. The van der Waals surface area contributed by atoms with Gasteiger partial charge in [-0.25, -0.2) is 0 Å². The van der Waals surface area contributed by atoms with Crippen LogP contribution in [0.1, 0.15) is 19.3 Å². The third-order valence-corrected chi connectivity index (χ3v) is 2.98. The Morgan fingerprint density at radius 1 is 1.54 bits per heavy atom. The normalized spacial score (nSPS) is 27.4. The Balaban J connectivity index is 1.94. The highest BCUT2D eigenvalue weighted by Crippen LogP contribution is 2.33. The van der Waals surface area contributed by atoms with Gasteiger partial charge in [0.2, 0.25) is 0 Å². The molecule has 2 heterocycles. The quantitative estimate of drug-likeness (QED) is 0.634. The Hall–Kier alpha value is -0.610. The SMILES string of the molecule is CN1CCC2(CC1)CC(CO)=NO2. The molecule has 0 aromatic rings. The van der Waals surface area contributed by atoms with Crippen LogP contribution in [-0.2, 0) is 4.84 Å². The average molecular weight is 184 g/mol. The van der Waals surface area contributed by atoms with Gasteiger partial charge in [-0.2, -0.15) is 0 Å². The first-order chi connectivity index (χ1) is 6.24. The van der Waals surface area contributed by atoms with Crippen LogP contribution in [0.25, 0.3) is 0 Å². The first kappa shape index (κ1) is 8.97. The molecule has 1 N–H and O–H groups in total. The number of rotatable bonds is 1. The Morgan fingerprint density at radius 2 is 2.23 bits per heavy atom. The van der Waals surface area contributed by atoms with Gasteiger partial charge in [0.15, 0.2) is 0 Å². The number of likely N-dealkylation sites (tertiary alicyclic amines) is 1. The standard InChI is InChI=1S/C9H16N2O2/c1-11-4-2-9(3-5-11)6-8(7-12)10-13-9/h12H,2-7H2,1H3. The van der Waals surface area contributed by atoms with Gasteiger partial charge in [-0.1, -0.05) is 5.16 Å². The first-order valence-electron chi connectivity index (χ1n) is 4.77. The minimum absolute atomic E-state index is 0.0393. The van der Waals surface area contributed by atoms with Crippen molar-refractivity contribution in [2.24, 2.45) is 5.16 Å². The van der Waals surface area contributed by atoms with Gasteiger partial charge >= 0.3 is 0 Å². The molecule has 0 unspecified atom stereocenters. The highest BCUT2D eigenvalue weighted by atomic mass is 16.7. The first-order valence-corrected chi connectivity index (χ1v) is 4.77. The van der Waals surface area contributed by atoms with Crippen molar-refractivity contribution in [3.8, 4) is 0 Å². The molecule has 1 spiro atoms. The lowest BCUT2D eigenvalue weighted by molar-refractivity contribution is -0.0578. The van der Waals surface area contributed by atoms with Crippen LogP contribution >= 0.6 is 0 Å². The van der Waals surface area contributed by atoms with Crippen molar-refractivity contribution in [3.63, 3.8) is 0 Å². The van der Waals surface area contributed by atoms with E-state index in [2.05, 4.69) is 17.1 Å². The van der Waals surface area contributed by atoms with Gasteiger partial charge in [0.1, 0.15) is 5.60 Å². The lowest BCUT2D eigenvalue weighted by Crippen LogP contribution is -2.43. The van der Waals surface area contributed by atoms with Gasteiger partial charge in [0, 0.05) is 32.4 Å². The van der Waals surface area contributed by atoms with Crippen LogP contribution in [0.15, 0.2) is 5.16 Å². The fourth-order valence-electron chi connectivity index (χ4n) is 1.98. The number of aliphatic hydroxyl groups excluding tert-OH is 1. The summed E-state index contributed by atoms with van der Waals surface area (Å²) in [6.07, 6.45) is 2.87. The average Bonchev–Trinajstić information content (AvgIpc) is 2.55. The summed E-state index contributed by atoms with van der Waals surface area (Å²) in [6.45, 7) is 2.17. The van der Waals surface area contributed by atoms with Gasteiger partial charge in [0.05, 0.1) is 12.3 Å². The minimum atomic E-state index is -0.0788. The van der Waals surface area contributed by atoms with E-state index >= 15 is 0 Å². The third-order valence-electron chi connectivity index (χ3n) is 2.98. The van der Waals surface area contributed by atoms with E-state index in [1.54, 1.807) is 0 Å². The van der Waals surface area contributed by atoms with Crippen LogP contribution in [0.5, 0.6) is 0 Å². The molecule has 0 aliphatic carbocycles. The molecule has 2 aliphatic rings. The number of piperidine rings is 1. The number of hydrogen-bond donors (Lipinski definition) is 1. The van der Waals surface area contributed by atoms with E-state index < -0.39 is 0 Å². The molecule has 0 aromatic heterocycles. The molecule has 4 nitrogen and oxygen atoms in total. The summed E-state index contributed by atoms with van der Waals surface area (Å²) in [4.78, 5) is 7.73. The molecule has 0 amide bonds. The number of hydrogen-bond acceptors (Lipinski definition) is 4. The molecule has 1 saturated heterocycles. The third kappa shape index (κ3) is 1.69. The predicted molar refractivity (Wildman–Crippen MR) is 49.7 cm³/mol. The Kier molecular flexibility index (Phi) is 2.26. The summed E-state index contributed by atoms with van der Waals surface area (Å²) in [5.74, 6) is 0. The van der Waals surface area contributed by atoms with E-state index in [9.17, 15) is 0 Å². The second kappa shape index (κ2) is 3.27. The van der Waals surface area contributed by atoms with Gasteiger partial charge in [-0.15, -0.1) is 0 Å². The van der Waals surface area contributed by atoms with Crippen molar-refractivity contribution >= 4 is 5.71 Å². The van der Waals surface area contributed by atoms with Gasteiger partial charge in [-0.05, 0) is 7.05 Å². The molecular formula is C9H16N2O2. The number of nitrogens with zero attached hydrogens (tertiary/aromatic N) is 2. The number of oxime groups is 1. The number of aliphatic hydroxyl groups is 1. The lowest BCUT2D eigenvalue weighted by atomic mass is 9.87. The van der Waals surface area contributed by atoms with Gasteiger partial charge in [0.25, 0.3) is 0 Å². The van der Waals surface area contributed by atoms with Crippen LogP contribution in [0, 0.1) is 0 Å². The van der Waals surface area contributed by atoms with Crippen molar-refractivity contribution in [3.05, 3.63) is 0 Å². The van der Waals surface area contributed by atoms with Crippen molar-refractivity contribution in [2.75, 3.05) is 26.7 Å². The molecule has 0 aromatic carbocycles. The van der Waals surface area contributed by atoms with Crippen LogP contribution in [0.3, 0.4) is 0 Å². The molecule has 13 heavy (non-hydrogen) atoms. The highest BCUT2D eigenvalue weighted by molar-refractivity contribution is 5.87. The van der Waals surface area contributed by atoms with Crippen LogP contribution in [0.2, 0.25) is 0 Å². The zero-order valence-corrected chi connectivity index (χ0v) is 7.99. The lowest BCUT2D eigenvalue weighted by Gasteiger charge is -2.35. The second-order valence-corrected chi connectivity index (χ2v) is 4.07. The van der Waals surface area contributed by atoms with E-state index in [1.807, 2.05) is 0 Å². The summed E-state index contributed by atoms with van der Waals surface area (Å²) >= 11 is 0. The molecule has 74 valence electrons. The topological polar surface area (TPSA) is 45.1 Å². The van der Waals surface area contributed by atoms with Crippen molar-refractivity contribution in [2.45, 2.75) is 24.9 Å². The largest absolute Gasteiger partial charge is 0.390 e. The maximum absolute atomic E-state index is 8.91. The van der Waals surface area contributed by atoms with Crippen LogP contribution in [-0.4, -0.2) is 48.1 Å². The maximum atomic E-state index is 8.91.